The van der Waals surface area contributed by atoms with Gasteiger partial charge in [0.15, 0.2) is 34.5 Å². The van der Waals surface area contributed by atoms with Crippen molar-refractivity contribution in [2.45, 2.75) is 45.8 Å². The summed E-state index contributed by atoms with van der Waals surface area (Å²) in [7, 11) is 3.33. The fourth-order valence-electron chi connectivity index (χ4n) is 7.52. The molecule has 0 unspecified atom stereocenters. The Morgan fingerprint density at radius 3 is 1.59 bits per heavy atom. The first kappa shape index (κ1) is 40.7. The molecule has 10 heteroatoms. The van der Waals surface area contributed by atoms with E-state index in [1.165, 1.54) is 5.56 Å². The number of carbonyl (C=O) groups excluding carboxylic acids is 1. The van der Waals surface area contributed by atoms with Gasteiger partial charge < -0.3 is 33.2 Å². The van der Waals surface area contributed by atoms with E-state index in [1.807, 2.05) is 103 Å². The summed E-state index contributed by atoms with van der Waals surface area (Å²) in [6.45, 7) is 4.12. The number of rotatable bonds is 16. The van der Waals surface area contributed by atoms with Crippen molar-refractivity contribution in [2.75, 3.05) is 33.9 Å². The van der Waals surface area contributed by atoms with Crippen molar-refractivity contribution in [2.24, 2.45) is 9.98 Å². The summed E-state index contributed by atoms with van der Waals surface area (Å²) in [4.78, 5) is 22.4. The van der Waals surface area contributed by atoms with Gasteiger partial charge in [-0.2, -0.15) is 0 Å². The van der Waals surface area contributed by atoms with E-state index in [-0.39, 0.29) is 12.4 Å². The van der Waals surface area contributed by atoms with Crippen molar-refractivity contribution in [3.63, 3.8) is 0 Å². The van der Waals surface area contributed by atoms with Crippen LogP contribution in [0.1, 0.15) is 51.4 Å². The van der Waals surface area contributed by atoms with Crippen LogP contribution in [0.5, 0.6) is 40.2 Å². The Hall–Kier alpha value is -7.07. The van der Waals surface area contributed by atoms with E-state index in [0.717, 1.165) is 63.2 Å². The quantitative estimate of drug-likeness (QED) is 0.0702. The van der Waals surface area contributed by atoms with E-state index in [1.54, 1.807) is 27.2 Å². The molecule has 2 heterocycles. The van der Waals surface area contributed by atoms with Crippen molar-refractivity contribution >= 4 is 17.6 Å². The lowest BCUT2D eigenvalue weighted by Gasteiger charge is -2.21. The second-order valence-corrected chi connectivity index (χ2v) is 14.7. The summed E-state index contributed by atoms with van der Waals surface area (Å²) in [5.74, 6) is 3.94. The molecule has 0 bridgehead atoms. The molecule has 0 spiro atoms. The molecule has 0 radical (unpaired) electrons. The molecule has 0 N–H and O–H groups in total. The van der Waals surface area contributed by atoms with Crippen LogP contribution in [-0.2, 0) is 43.6 Å². The van der Waals surface area contributed by atoms with Gasteiger partial charge in [0, 0.05) is 48.5 Å². The van der Waals surface area contributed by atoms with Crippen molar-refractivity contribution in [1.82, 2.24) is 0 Å². The predicted octanol–water partition coefficient (Wildman–Crippen LogP) is 10.4. The average Bonchev–Trinajstić information content (AvgIpc) is 3.29. The zero-order valence-corrected chi connectivity index (χ0v) is 34.6. The maximum atomic E-state index is 12.5. The van der Waals surface area contributed by atoms with Gasteiger partial charge in [-0.1, -0.05) is 78.9 Å². The summed E-state index contributed by atoms with van der Waals surface area (Å²) >= 11 is 0. The van der Waals surface area contributed by atoms with E-state index in [9.17, 15) is 4.79 Å². The summed E-state index contributed by atoms with van der Waals surface area (Å²) in [6, 6.07) is 41.7. The van der Waals surface area contributed by atoms with Gasteiger partial charge in [0.25, 0.3) is 0 Å². The van der Waals surface area contributed by atoms with Crippen LogP contribution in [0.3, 0.4) is 0 Å². The first-order valence-corrected chi connectivity index (χ1v) is 20.5. The fraction of sp³-hybridized carbons (Fsp3) is 0.235. The standard InChI is InChI=1S/C51H48N2O8/c1-4-57-51(54)61-45-20-17-37(26-44-42-31-49(59-33-36-13-9-6-10-14-36)47(56-3)29-39(42)22-24-53-44)27-50(45)60-40-18-15-34(16-19-40)25-43-41-30-48(58-32-35-11-7-5-8-12-35)46(55-2)28-38(41)21-23-52-43/h5-20,27-31H,4,21-26,32-33H2,1-3H3. The van der Waals surface area contributed by atoms with Crippen LogP contribution in [0.15, 0.2) is 137 Å². The van der Waals surface area contributed by atoms with Gasteiger partial charge in [0.05, 0.1) is 20.8 Å². The van der Waals surface area contributed by atoms with Crippen LogP contribution in [0.25, 0.3) is 0 Å². The van der Waals surface area contributed by atoms with E-state index in [4.69, 9.17) is 43.1 Å². The lowest BCUT2D eigenvalue weighted by atomic mass is 9.93. The van der Waals surface area contributed by atoms with Gasteiger partial charge in [0.1, 0.15) is 19.0 Å². The highest BCUT2D eigenvalue weighted by Gasteiger charge is 2.22. The highest BCUT2D eigenvalue weighted by atomic mass is 16.7. The number of nitrogens with zero attached hydrogens (tertiary/aromatic N) is 2. The Balaban J connectivity index is 0.998. The van der Waals surface area contributed by atoms with Gasteiger partial charge in [0.2, 0.25) is 0 Å². The largest absolute Gasteiger partial charge is 0.513 e. The number of aliphatic imine (C=N–C) groups is 2. The minimum Gasteiger partial charge on any atom is -0.493 e. The molecule has 2 aliphatic heterocycles. The van der Waals surface area contributed by atoms with Gasteiger partial charge in [-0.25, -0.2) is 4.79 Å². The first-order chi connectivity index (χ1) is 30.0. The Morgan fingerprint density at radius 1 is 0.541 bits per heavy atom. The lowest BCUT2D eigenvalue weighted by Crippen LogP contribution is -2.16. The maximum absolute atomic E-state index is 12.5. The Kier molecular flexibility index (Phi) is 12.9. The Bertz CT molecular complexity index is 2540. The topological polar surface area (TPSA) is 106 Å². The molecule has 0 aliphatic carbocycles. The number of methoxy groups -OCH3 is 2. The minimum absolute atomic E-state index is 0.182. The van der Waals surface area contributed by atoms with Gasteiger partial charge in [-0.15, -0.1) is 0 Å². The second-order valence-electron chi connectivity index (χ2n) is 14.7. The van der Waals surface area contributed by atoms with Gasteiger partial charge >= 0.3 is 6.16 Å². The Labute approximate surface area is 356 Å². The van der Waals surface area contributed by atoms with Crippen LogP contribution >= 0.6 is 0 Å². The first-order valence-electron chi connectivity index (χ1n) is 20.5. The normalized spacial score (nSPS) is 12.8. The molecule has 10 nitrogen and oxygen atoms in total. The summed E-state index contributed by atoms with van der Waals surface area (Å²) < 4.78 is 41.1. The molecule has 0 saturated carbocycles. The van der Waals surface area contributed by atoms with E-state index in [2.05, 4.69) is 18.2 Å². The monoisotopic (exact) mass is 816 g/mol. The number of benzene rings is 6. The summed E-state index contributed by atoms with van der Waals surface area (Å²) in [6.07, 6.45) is 1.95. The van der Waals surface area contributed by atoms with Gasteiger partial charge in [-0.3, -0.25) is 9.98 Å². The molecule has 2 aliphatic rings. The lowest BCUT2D eigenvalue weighted by molar-refractivity contribution is 0.103. The molecule has 0 aromatic heterocycles. The summed E-state index contributed by atoms with van der Waals surface area (Å²) in [5.41, 5.74) is 10.4. The molecule has 0 fully saturated rings. The fourth-order valence-corrected chi connectivity index (χ4v) is 7.52. The number of ether oxygens (including phenoxy) is 7. The molecule has 0 atom stereocenters. The van der Waals surface area contributed by atoms with Crippen molar-refractivity contribution in [3.8, 4) is 40.2 Å². The highest BCUT2D eigenvalue weighted by Crippen LogP contribution is 2.38. The second kappa shape index (κ2) is 19.3. The third kappa shape index (κ3) is 10.0. The minimum atomic E-state index is -0.808. The highest BCUT2D eigenvalue weighted by molar-refractivity contribution is 6.05. The van der Waals surface area contributed by atoms with E-state index in [0.29, 0.717) is 73.6 Å². The SMILES string of the molecule is CCOC(=O)Oc1ccc(CC2=NCCc3cc(OC)c(OCc4ccccc4)cc32)cc1Oc1ccc(CC2=NCCc3cc(OC)c(OCc4ccccc4)cc32)cc1. The third-order valence-electron chi connectivity index (χ3n) is 10.6. The van der Waals surface area contributed by atoms with Crippen LogP contribution in [0.2, 0.25) is 0 Å². The predicted molar refractivity (Wildman–Crippen MR) is 236 cm³/mol. The molecule has 8 rings (SSSR count). The van der Waals surface area contributed by atoms with E-state index >= 15 is 0 Å². The number of fused-ring (bicyclic) bond motifs is 2. The van der Waals surface area contributed by atoms with Crippen LogP contribution < -0.4 is 28.4 Å². The summed E-state index contributed by atoms with van der Waals surface area (Å²) in [5, 5.41) is 0. The molecule has 6 aromatic rings. The van der Waals surface area contributed by atoms with Crippen molar-refractivity contribution < 1.29 is 38.0 Å². The number of hydrogen-bond acceptors (Lipinski definition) is 10. The maximum Gasteiger partial charge on any atom is 0.513 e. The molecule has 0 amide bonds. The zero-order chi connectivity index (χ0) is 42.0. The van der Waals surface area contributed by atoms with Crippen LogP contribution in [0.4, 0.5) is 4.79 Å². The Morgan fingerprint density at radius 2 is 1.07 bits per heavy atom. The van der Waals surface area contributed by atoms with Crippen molar-refractivity contribution in [3.05, 3.63) is 172 Å². The van der Waals surface area contributed by atoms with Crippen LogP contribution in [0, 0.1) is 0 Å². The zero-order valence-electron chi connectivity index (χ0n) is 34.6. The average molecular weight is 817 g/mol. The van der Waals surface area contributed by atoms with Crippen LogP contribution in [-0.4, -0.2) is 51.5 Å². The molecular formula is C51H48N2O8. The van der Waals surface area contributed by atoms with Gasteiger partial charge in [-0.05, 0) is 102 Å². The third-order valence-corrected chi connectivity index (χ3v) is 10.6. The molecule has 61 heavy (non-hydrogen) atoms. The smallest absolute Gasteiger partial charge is 0.493 e. The number of hydrogen-bond donors (Lipinski definition) is 0. The molecule has 0 saturated heterocycles. The number of carbonyl (C=O) groups is 1. The van der Waals surface area contributed by atoms with E-state index < -0.39 is 6.16 Å². The molecule has 6 aromatic carbocycles. The molecule has 310 valence electrons. The van der Waals surface area contributed by atoms with Crippen molar-refractivity contribution in [1.29, 1.82) is 0 Å². The molecular weight excluding hydrogens is 769 g/mol.